The van der Waals surface area contributed by atoms with Crippen LogP contribution in [0.15, 0.2) is 24.3 Å². The van der Waals surface area contributed by atoms with E-state index in [1.165, 1.54) is 5.56 Å². The minimum atomic E-state index is 0.0656. The lowest BCUT2D eigenvalue weighted by atomic mass is 10.1. The first-order valence-corrected chi connectivity index (χ1v) is 10.3. The van der Waals surface area contributed by atoms with E-state index in [-0.39, 0.29) is 12.0 Å². The third-order valence-corrected chi connectivity index (χ3v) is 4.97. The molecule has 7 nitrogen and oxygen atoms in total. The molecule has 0 saturated heterocycles. The molecular weight excluding hydrogens is 354 g/mol. The minimum absolute atomic E-state index is 0.0656. The highest BCUT2D eigenvalue weighted by Crippen LogP contribution is 2.26. The second-order valence-electron chi connectivity index (χ2n) is 7.41. The fraction of sp³-hybridized carbons (Fsp3) is 0.571. The van der Waals surface area contributed by atoms with E-state index in [2.05, 4.69) is 44.5 Å². The molecule has 1 aromatic carbocycles. The van der Waals surface area contributed by atoms with E-state index >= 15 is 0 Å². The van der Waals surface area contributed by atoms with E-state index in [0.29, 0.717) is 19.4 Å². The van der Waals surface area contributed by atoms with E-state index in [0.717, 1.165) is 56.3 Å². The van der Waals surface area contributed by atoms with Crippen LogP contribution in [0.2, 0.25) is 0 Å². The summed E-state index contributed by atoms with van der Waals surface area (Å²) in [7, 11) is 0. The standard InChI is InChI=1S/C21H31N5O2/c1-3-4-8-18-15-26(14-17-7-5-6-9-19(17)28-18)13-11-21(27)22-12-10-20-23-16(2)24-25-20/h5-7,9,18H,3-4,8,10-15H2,1-2H3,(H,22,27)(H,23,24,25). The lowest BCUT2D eigenvalue weighted by molar-refractivity contribution is -0.121. The number of ether oxygens (including phenoxy) is 1. The first-order chi connectivity index (χ1) is 13.6. The van der Waals surface area contributed by atoms with Gasteiger partial charge in [0.25, 0.3) is 0 Å². The van der Waals surface area contributed by atoms with Crippen molar-refractivity contribution in [3.05, 3.63) is 41.5 Å². The smallest absolute Gasteiger partial charge is 0.221 e. The Morgan fingerprint density at radius 1 is 1.39 bits per heavy atom. The largest absolute Gasteiger partial charge is 0.489 e. The monoisotopic (exact) mass is 385 g/mol. The normalized spacial score (nSPS) is 16.9. The predicted octanol–water partition coefficient (Wildman–Crippen LogP) is 2.62. The summed E-state index contributed by atoms with van der Waals surface area (Å²) >= 11 is 0. The van der Waals surface area contributed by atoms with Crippen molar-refractivity contribution in [3.8, 4) is 5.75 Å². The average molecular weight is 386 g/mol. The van der Waals surface area contributed by atoms with Gasteiger partial charge in [0, 0.05) is 44.6 Å². The summed E-state index contributed by atoms with van der Waals surface area (Å²) in [5.74, 6) is 2.58. The Bertz CT molecular complexity index is 761. The number of aromatic nitrogens is 3. The molecule has 7 heteroatoms. The van der Waals surface area contributed by atoms with E-state index in [4.69, 9.17) is 4.74 Å². The van der Waals surface area contributed by atoms with Crippen molar-refractivity contribution < 1.29 is 9.53 Å². The SMILES string of the molecule is CCCCC1CN(CCC(=O)NCCc2n[nH]c(C)n2)Cc2ccccc2O1. The number of para-hydroxylation sites is 1. The molecule has 0 aliphatic carbocycles. The summed E-state index contributed by atoms with van der Waals surface area (Å²) in [6.45, 7) is 7.03. The Morgan fingerprint density at radius 2 is 2.25 bits per heavy atom. The van der Waals surface area contributed by atoms with Gasteiger partial charge < -0.3 is 10.1 Å². The number of amides is 1. The molecule has 1 unspecified atom stereocenters. The predicted molar refractivity (Wildman–Crippen MR) is 108 cm³/mol. The zero-order valence-electron chi connectivity index (χ0n) is 16.9. The minimum Gasteiger partial charge on any atom is -0.489 e. The Morgan fingerprint density at radius 3 is 3.04 bits per heavy atom. The summed E-state index contributed by atoms with van der Waals surface area (Å²) in [6.07, 6.45) is 4.66. The van der Waals surface area contributed by atoms with Crippen LogP contribution in [-0.2, 0) is 17.8 Å². The summed E-state index contributed by atoms with van der Waals surface area (Å²) in [6, 6.07) is 8.23. The number of nitrogens with one attached hydrogen (secondary N) is 2. The van der Waals surface area contributed by atoms with Gasteiger partial charge in [-0.2, -0.15) is 5.10 Å². The van der Waals surface area contributed by atoms with Crippen LogP contribution in [-0.4, -0.2) is 51.7 Å². The molecule has 1 atom stereocenters. The molecule has 2 heterocycles. The van der Waals surface area contributed by atoms with Crippen LogP contribution >= 0.6 is 0 Å². The molecule has 2 aromatic rings. The van der Waals surface area contributed by atoms with Crippen molar-refractivity contribution in [2.45, 2.75) is 58.6 Å². The van der Waals surface area contributed by atoms with Gasteiger partial charge in [-0.1, -0.05) is 31.5 Å². The summed E-state index contributed by atoms with van der Waals surface area (Å²) in [5, 5.41) is 9.87. The van der Waals surface area contributed by atoms with Crippen molar-refractivity contribution in [2.24, 2.45) is 0 Å². The molecule has 0 fully saturated rings. The Kier molecular flexibility index (Phi) is 7.42. The number of fused-ring (bicyclic) bond motifs is 1. The van der Waals surface area contributed by atoms with Gasteiger partial charge in [-0.15, -0.1) is 0 Å². The molecule has 152 valence electrons. The number of hydrogen-bond donors (Lipinski definition) is 2. The number of unbranched alkanes of at least 4 members (excludes halogenated alkanes) is 1. The van der Waals surface area contributed by atoms with Gasteiger partial charge in [0.1, 0.15) is 17.7 Å². The number of carbonyl (C=O) groups excluding carboxylic acids is 1. The topological polar surface area (TPSA) is 83.1 Å². The van der Waals surface area contributed by atoms with Crippen LogP contribution in [0.25, 0.3) is 0 Å². The molecule has 0 saturated carbocycles. The summed E-state index contributed by atoms with van der Waals surface area (Å²) in [5.41, 5.74) is 1.20. The quantitative estimate of drug-likeness (QED) is 0.693. The first kappa shape index (κ1) is 20.3. The summed E-state index contributed by atoms with van der Waals surface area (Å²) in [4.78, 5) is 18.8. The van der Waals surface area contributed by atoms with E-state index in [1.807, 2.05) is 19.1 Å². The van der Waals surface area contributed by atoms with E-state index < -0.39 is 0 Å². The van der Waals surface area contributed by atoms with Crippen LogP contribution < -0.4 is 10.1 Å². The second-order valence-corrected chi connectivity index (χ2v) is 7.41. The molecule has 1 amide bonds. The molecule has 1 aromatic heterocycles. The second kappa shape index (κ2) is 10.2. The molecule has 1 aliphatic heterocycles. The first-order valence-electron chi connectivity index (χ1n) is 10.3. The lowest BCUT2D eigenvalue weighted by Gasteiger charge is -2.23. The van der Waals surface area contributed by atoms with Crippen LogP contribution in [0.1, 0.15) is 49.8 Å². The average Bonchev–Trinajstić information content (AvgIpc) is 3.01. The van der Waals surface area contributed by atoms with E-state index in [1.54, 1.807) is 0 Å². The van der Waals surface area contributed by atoms with Gasteiger partial charge >= 0.3 is 0 Å². The van der Waals surface area contributed by atoms with Crippen LogP contribution in [0, 0.1) is 6.92 Å². The molecule has 28 heavy (non-hydrogen) atoms. The van der Waals surface area contributed by atoms with Crippen LogP contribution in [0.3, 0.4) is 0 Å². The number of rotatable bonds is 9. The molecule has 3 rings (SSSR count). The Hall–Kier alpha value is -2.41. The van der Waals surface area contributed by atoms with Crippen molar-refractivity contribution in [3.63, 3.8) is 0 Å². The number of carbonyl (C=O) groups is 1. The highest BCUT2D eigenvalue weighted by Gasteiger charge is 2.22. The Labute approximate surface area is 166 Å². The van der Waals surface area contributed by atoms with Crippen molar-refractivity contribution in [2.75, 3.05) is 19.6 Å². The molecule has 0 bridgehead atoms. The highest BCUT2D eigenvalue weighted by molar-refractivity contribution is 5.76. The van der Waals surface area contributed by atoms with Crippen LogP contribution in [0.4, 0.5) is 0 Å². The number of aryl methyl sites for hydroxylation is 1. The maximum absolute atomic E-state index is 12.2. The molecular formula is C21H31N5O2. The van der Waals surface area contributed by atoms with Crippen molar-refractivity contribution in [1.29, 1.82) is 0 Å². The summed E-state index contributed by atoms with van der Waals surface area (Å²) < 4.78 is 6.25. The third-order valence-electron chi connectivity index (χ3n) is 4.97. The van der Waals surface area contributed by atoms with E-state index in [9.17, 15) is 4.79 Å². The highest BCUT2D eigenvalue weighted by atomic mass is 16.5. The number of aromatic amines is 1. The van der Waals surface area contributed by atoms with Gasteiger partial charge in [0.2, 0.25) is 5.91 Å². The maximum Gasteiger partial charge on any atom is 0.221 e. The van der Waals surface area contributed by atoms with Gasteiger partial charge in [-0.05, 0) is 25.8 Å². The fourth-order valence-electron chi connectivity index (χ4n) is 3.47. The van der Waals surface area contributed by atoms with Gasteiger partial charge in [0.15, 0.2) is 5.82 Å². The van der Waals surface area contributed by atoms with Crippen molar-refractivity contribution >= 4 is 5.91 Å². The molecule has 2 N–H and O–H groups in total. The fourth-order valence-corrected chi connectivity index (χ4v) is 3.47. The van der Waals surface area contributed by atoms with Gasteiger partial charge in [-0.3, -0.25) is 14.8 Å². The zero-order chi connectivity index (χ0) is 19.8. The maximum atomic E-state index is 12.2. The number of H-pyrrole nitrogens is 1. The van der Waals surface area contributed by atoms with Gasteiger partial charge in [-0.25, -0.2) is 4.98 Å². The van der Waals surface area contributed by atoms with Crippen molar-refractivity contribution in [1.82, 2.24) is 25.4 Å². The number of benzene rings is 1. The third kappa shape index (κ3) is 6.05. The molecule has 0 radical (unpaired) electrons. The Balaban J connectivity index is 1.48. The van der Waals surface area contributed by atoms with Crippen LogP contribution in [0.5, 0.6) is 5.75 Å². The molecule has 0 spiro atoms. The molecule has 1 aliphatic rings. The lowest BCUT2D eigenvalue weighted by Crippen LogP contribution is -2.36. The zero-order valence-corrected chi connectivity index (χ0v) is 16.9. The van der Waals surface area contributed by atoms with Gasteiger partial charge in [0.05, 0.1) is 0 Å². The number of hydrogen-bond acceptors (Lipinski definition) is 5. The number of nitrogens with zero attached hydrogens (tertiary/aromatic N) is 3.